The molecule has 0 saturated carbocycles. The predicted molar refractivity (Wildman–Crippen MR) is 79.4 cm³/mol. The largest absolute Gasteiger partial charge is 0.378 e. The Bertz CT molecular complexity index is 675. The maximum absolute atomic E-state index is 13.7. The van der Waals surface area contributed by atoms with Gasteiger partial charge in [0.15, 0.2) is 0 Å². The average Bonchev–Trinajstić information content (AvgIpc) is 2.50. The van der Waals surface area contributed by atoms with Crippen molar-refractivity contribution in [3.8, 4) is 0 Å². The number of hydrogen-bond acceptors (Lipinski definition) is 5. The Balaban J connectivity index is 1.85. The SMILES string of the molecule is Cc1nc(Nc2ccc(F)cc2F)cc(N2CCOCC2)n1. The van der Waals surface area contributed by atoms with E-state index >= 15 is 0 Å². The average molecular weight is 306 g/mol. The molecule has 0 bridgehead atoms. The van der Waals surface area contributed by atoms with Crippen molar-refractivity contribution >= 4 is 17.3 Å². The third-order valence-corrected chi connectivity index (χ3v) is 3.35. The molecule has 1 aliphatic heterocycles. The number of nitrogens with one attached hydrogen (secondary N) is 1. The number of hydrogen-bond donors (Lipinski definition) is 1. The van der Waals surface area contributed by atoms with Crippen molar-refractivity contribution in [3.05, 3.63) is 41.7 Å². The summed E-state index contributed by atoms with van der Waals surface area (Å²) in [6, 6.07) is 5.12. The molecule has 7 heteroatoms. The van der Waals surface area contributed by atoms with Crippen LogP contribution in [0.5, 0.6) is 0 Å². The Labute approximate surface area is 127 Å². The minimum absolute atomic E-state index is 0.174. The number of halogens is 2. The number of aromatic nitrogens is 2. The highest BCUT2D eigenvalue weighted by Crippen LogP contribution is 2.22. The molecule has 0 atom stereocenters. The summed E-state index contributed by atoms with van der Waals surface area (Å²) >= 11 is 0. The fourth-order valence-electron chi connectivity index (χ4n) is 2.30. The van der Waals surface area contributed by atoms with Gasteiger partial charge in [-0.1, -0.05) is 0 Å². The zero-order chi connectivity index (χ0) is 15.5. The van der Waals surface area contributed by atoms with Crippen molar-refractivity contribution in [2.24, 2.45) is 0 Å². The lowest BCUT2D eigenvalue weighted by atomic mass is 10.3. The fourth-order valence-corrected chi connectivity index (χ4v) is 2.30. The zero-order valence-electron chi connectivity index (χ0n) is 12.1. The minimum Gasteiger partial charge on any atom is -0.378 e. The van der Waals surface area contributed by atoms with Crippen LogP contribution in [0.15, 0.2) is 24.3 Å². The van der Waals surface area contributed by atoms with Crippen LogP contribution in [-0.2, 0) is 4.74 Å². The predicted octanol–water partition coefficient (Wildman–Crippen LogP) is 2.64. The number of morpholine rings is 1. The lowest BCUT2D eigenvalue weighted by Crippen LogP contribution is -2.36. The Morgan fingerprint density at radius 1 is 1.14 bits per heavy atom. The lowest BCUT2D eigenvalue weighted by Gasteiger charge is -2.28. The molecule has 116 valence electrons. The zero-order valence-corrected chi connectivity index (χ0v) is 12.1. The summed E-state index contributed by atoms with van der Waals surface area (Å²) in [6.45, 7) is 4.58. The quantitative estimate of drug-likeness (QED) is 0.945. The molecule has 1 N–H and O–H groups in total. The van der Waals surface area contributed by atoms with Crippen LogP contribution in [0.4, 0.5) is 26.1 Å². The highest BCUT2D eigenvalue weighted by molar-refractivity contribution is 5.60. The van der Waals surface area contributed by atoms with Gasteiger partial charge in [0.05, 0.1) is 18.9 Å². The fraction of sp³-hybridized carbons (Fsp3) is 0.333. The number of nitrogens with zero attached hydrogens (tertiary/aromatic N) is 3. The summed E-state index contributed by atoms with van der Waals surface area (Å²) in [4.78, 5) is 10.7. The van der Waals surface area contributed by atoms with Crippen molar-refractivity contribution in [1.82, 2.24) is 9.97 Å². The van der Waals surface area contributed by atoms with Crippen LogP contribution in [0.25, 0.3) is 0 Å². The molecule has 1 saturated heterocycles. The Morgan fingerprint density at radius 2 is 1.91 bits per heavy atom. The van der Waals surface area contributed by atoms with Gasteiger partial charge in [0.25, 0.3) is 0 Å². The van der Waals surface area contributed by atoms with E-state index in [1.54, 1.807) is 13.0 Å². The van der Waals surface area contributed by atoms with E-state index in [4.69, 9.17) is 4.74 Å². The molecule has 2 aromatic rings. The smallest absolute Gasteiger partial charge is 0.149 e. The van der Waals surface area contributed by atoms with Crippen LogP contribution in [-0.4, -0.2) is 36.3 Å². The van der Waals surface area contributed by atoms with Gasteiger partial charge in [-0.05, 0) is 19.1 Å². The van der Waals surface area contributed by atoms with Crippen LogP contribution >= 0.6 is 0 Å². The van der Waals surface area contributed by atoms with E-state index < -0.39 is 11.6 Å². The van der Waals surface area contributed by atoms with E-state index in [1.165, 1.54) is 12.1 Å². The number of ether oxygens (including phenoxy) is 1. The molecule has 0 spiro atoms. The van der Waals surface area contributed by atoms with E-state index in [1.807, 2.05) is 0 Å². The van der Waals surface area contributed by atoms with Crippen molar-refractivity contribution < 1.29 is 13.5 Å². The van der Waals surface area contributed by atoms with Crippen molar-refractivity contribution in [1.29, 1.82) is 0 Å². The lowest BCUT2D eigenvalue weighted by molar-refractivity contribution is 0.122. The molecule has 1 aromatic carbocycles. The molecule has 5 nitrogen and oxygen atoms in total. The molecular weight excluding hydrogens is 290 g/mol. The highest BCUT2D eigenvalue weighted by Gasteiger charge is 2.14. The Hall–Kier alpha value is -2.28. The molecule has 0 aliphatic carbocycles. The van der Waals surface area contributed by atoms with Gasteiger partial charge in [-0.2, -0.15) is 0 Å². The van der Waals surface area contributed by atoms with E-state index in [0.717, 1.165) is 25.0 Å². The number of aryl methyl sites for hydroxylation is 1. The Kier molecular flexibility index (Phi) is 4.15. The number of rotatable bonds is 3. The van der Waals surface area contributed by atoms with Gasteiger partial charge in [-0.25, -0.2) is 18.7 Å². The molecule has 0 unspecified atom stereocenters. The van der Waals surface area contributed by atoms with Gasteiger partial charge >= 0.3 is 0 Å². The number of anilines is 3. The molecule has 2 heterocycles. The summed E-state index contributed by atoms with van der Waals surface area (Å²) < 4.78 is 32.0. The molecule has 22 heavy (non-hydrogen) atoms. The third-order valence-electron chi connectivity index (χ3n) is 3.35. The summed E-state index contributed by atoms with van der Waals surface area (Å²) in [5, 5.41) is 2.87. The first kappa shape index (κ1) is 14.6. The van der Waals surface area contributed by atoms with E-state index in [9.17, 15) is 8.78 Å². The highest BCUT2D eigenvalue weighted by atomic mass is 19.1. The topological polar surface area (TPSA) is 50.3 Å². The van der Waals surface area contributed by atoms with Crippen LogP contribution in [0.1, 0.15) is 5.82 Å². The molecule has 0 amide bonds. The monoisotopic (exact) mass is 306 g/mol. The van der Waals surface area contributed by atoms with Crippen molar-refractivity contribution in [3.63, 3.8) is 0 Å². The summed E-state index contributed by atoms with van der Waals surface area (Å²) in [5.74, 6) is 0.537. The summed E-state index contributed by atoms with van der Waals surface area (Å²) in [5.41, 5.74) is 0.174. The van der Waals surface area contributed by atoms with Gasteiger partial charge in [-0.15, -0.1) is 0 Å². The first-order chi connectivity index (χ1) is 10.6. The maximum Gasteiger partial charge on any atom is 0.149 e. The molecule has 1 aromatic heterocycles. The van der Waals surface area contributed by atoms with E-state index in [0.29, 0.717) is 24.9 Å². The minimum atomic E-state index is -0.663. The second-order valence-electron chi connectivity index (χ2n) is 5.01. The van der Waals surface area contributed by atoms with Gasteiger partial charge in [-0.3, -0.25) is 0 Å². The van der Waals surface area contributed by atoms with Crippen LogP contribution < -0.4 is 10.2 Å². The second kappa shape index (κ2) is 6.23. The van der Waals surface area contributed by atoms with Crippen LogP contribution in [0.2, 0.25) is 0 Å². The van der Waals surface area contributed by atoms with Crippen molar-refractivity contribution in [2.75, 3.05) is 36.5 Å². The number of benzene rings is 1. The van der Waals surface area contributed by atoms with E-state index in [-0.39, 0.29) is 5.69 Å². The van der Waals surface area contributed by atoms with E-state index in [2.05, 4.69) is 20.2 Å². The van der Waals surface area contributed by atoms with Crippen LogP contribution in [0, 0.1) is 18.6 Å². The molecule has 3 rings (SSSR count). The summed E-state index contributed by atoms with van der Waals surface area (Å²) in [6.07, 6.45) is 0. The third kappa shape index (κ3) is 3.30. The van der Waals surface area contributed by atoms with Gasteiger partial charge < -0.3 is 15.0 Å². The van der Waals surface area contributed by atoms with Gasteiger partial charge in [0.1, 0.15) is 29.1 Å². The second-order valence-corrected chi connectivity index (χ2v) is 5.01. The van der Waals surface area contributed by atoms with Gasteiger partial charge in [0, 0.05) is 25.2 Å². The molecular formula is C15H16F2N4O. The Morgan fingerprint density at radius 3 is 2.64 bits per heavy atom. The molecule has 0 radical (unpaired) electrons. The van der Waals surface area contributed by atoms with Crippen LogP contribution in [0.3, 0.4) is 0 Å². The molecule has 1 fully saturated rings. The molecule has 1 aliphatic rings. The van der Waals surface area contributed by atoms with Gasteiger partial charge in [0.2, 0.25) is 0 Å². The normalized spacial score (nSPS) is 15.0. The first-order valence-corrected chi connectivity index (χ1v) is 7.02. The maximum atomic E-state index is 13.7. The summed E-state index contributed by atoms with van der Waals surface area (Å²) in [7, 11) is 0. The van der Waals surface area contributed by atoms with Crippen molar-refractivity contribution in [2.45, 2.75) is 6.92 Å². The first-order valence-electron chi connectivity index (χ1n) is 7.02. The standard InChI is InChI=1S/C15H16F2N4O/c1-10-18-14(20-13-3-2-11(16)8-12(13)17)9-15(19-10)21-4-6-22-7-5-21/h2-3,8-9H,4-7H2,1H3,(H,18,19,20).